The Hall–Kier alpha value is -1.88. The molecule has 1 saturated heterocycles. The van der Waals surface area contributed by atoms with Gasteiger partial charge in [-0.2, -0.15) is 0 Å². The van der Waals surface area contributed by atoms with E-state index in [9.17, 15) is 4.79 Å². The monoisotopic (exact) mass is 345 g/mol. The van der Waals surface area contributed by atoms with Gasteiger partial charge in [-0.25, -0.2) is 0 Å². The smallest absolute Gasteiger partial charge is 0.238 e. The van der Waals surface area contributed by atoms with E-state index in [1.54, 1.807) is 0 Å². The van der Waals surface area contributed by atoms with Gasteiger partial charge in [0.15, 0.2) is 0 Å². The maximum atomic E-state index is 12.4. The van der Waals surface area contributed by atoms with Crippen LogP contribution in [0.5, 0.6) is 0 Å². The molecule has 0 radical (unpaired) electrons. The Balaban J connectivity index is 0.00000208. The number of halogens is 1. The second-order valence-corrected chi connectivity index (χ2v) is 5.98. The van der Waals surface area contributed by atoms with Gasteiger partial charge in [0.1, 0.15) is 0 Å². The molecule has 1 amide bonds. The van der Waals surface area contributed by atoms with Crippen LogP contribution in [-0.4, -0.2) is 43.0 Å². The summed E-state index contributed by atoms with van der Waals surface area (Å²) in [6.45, 7) is 5.38. The van der Waals surface area contributed by atoms with Gasteiger partial charge in [0, 0.05) is 36.9 Å². The highest BCUT2D eigenvalue weighted by atomic mass is 35.5. The summed E-state index contributed by atoms with van der Waals surface area (Å²) in [6.07, 6.45) is 0. The predicted molar refractivity (Wildman–Crippen MR) is 102 cm³/mol. The van der Waals surface area contributed by atoms with Crippen molar-refractivity contribution in [3.8, 4) is 11.1 Å². The molecule has 1 heterocycles. The normalized spacial score (nSPS) is 17.8. The number of nitrogens with one attached hydrogen (secondary N) is 2. The van der Waals surface area contributed by atoms with Crippen LogP contribution in [0.3, 0.4) is 0 Å². The van der Waals surface area contributed by atoms with Crippen molar-refractivity contribution < 1.29 is 4.79 Å². The topological polar surface area (TPSA) is 44.4 Å². The molecular formula is C19H24ClN3O. The van der Waals surface area contributed by atoms with Crippen molar-refractivity contribution in [1.29, 1.82) is 0 Å². The van der Waals surface area contributed by atoms with E-state index >= 15 is 0 Å². The fraction of sp³-hybridized carbons (Fsp3) is 0.316. The molecule has 0 aliphatic carbocycles. The standard InChI is InChI=1S/C19H23N3O.ClH/c1-15-13-20-11-12-22(15)14-19(23)21-18-10-6-5-9-17(18)16-7-3-2-4-8-16;/h2-10,15,20H,11-14H2,1H3,(H,21,23);1H/t15-;/m1./s1. The van der Waals surface area contributed by atoms with Crippen LogP contribution in [0, 0.1) is 0 Å². The molecule has 1 aliphatic heterocycles. The summed E-state index contributed by atoms with van der Waals surface area (Å²) in [5, 5.41) is 6.42. The highest BCUT2D eigenvalue weighted by Gasteiger charge is 2.20. The zero-order valence-electron chi connectivity index (χ0n) is 13.9. The third kappa shape index (κ3) is 4.57. The van der Waals surface area contributed by atoms with E-state index < -0.39 is 0 Å². The van der Waals surface area contributed by atoms with Crippen molar-refractivity contribution in [3.05, 3.63) is 54.6 Å². The van der Waals surface area contributed by atoms with Crippen LogP contribution in [0.4, 0.5) is 5.69 Å². The molecule has 3 rings (SSSR count). The van der Waals surface area contributed by atoms with Crippen LogP contribution in [0.25, 0.3) is 11.1 Å². The number of carbonyl (C=O) groups is 1. The highest BCUT2D eigenvalue weighted by Crippen LogP contribution is 2.27. The van der Waals surface area contributed by atoms with Crippen LogP contribution < -0.4 is 10.6 Å². The average molecular weight is 346 g/mol. The first-order chi connectivity index (χ1) is 11.2. The molecule has 2 aromatic rings. The Morgan fingerprint density at radius 3 is 2.62 bits per heavy atom. The van der Waals surface area contributed by atoms with Crippen molar-refractivity contribution in [2.45, 2.75) is 13.0 Å². The van der Waals surface area contributed by atoms with Crippen molar-refractivity contribution in [3.63, 3.8) is 0 Å². The average Bonchev–Trinajstić information content (AvgIpc) is 2.58. The van der Waals surface area contributed by atoms with E-state index in [-0.39, 0.29) is 18.3 Å². The SMILES string of the molecule is C[C@@H]1CNCCN1CC(=O)Nc1ccccc1-c1ccccc1.Cl. The summed E-state index contributed by atoms with van der Waals surface area (Å²) in [5.41, 5.74) is 3.03. The molecule has 0 bridgehead atoms. The summed E-state index contributed by atoms with van der Waals surface area (Å²) >= 11 is 0. The van der Waals surface area contributed by atoms with Gasteiger partial charge in [-0.3, -0.25) is 9.69 Å². The molecule has 1 fully saturated rings. The summed E-state index contributed by atoms with van der Waals surface area (Å²) < 4.78 is 0. The molecule has 0 unspecified atom stereocenters. The molecule has 1 aliphatic rings. The molecule has 4 nitrogen and oxygen atoms in total. The van der Waals surface area contributed by atoms with Crippen molar-refractivity contribution in [2.75, 3.05) is 31.5 Å². The predicted octanol–water partition coefficient (Wildman–Crippen LogP) is 3.01. The Kier molecular flexibility index (Phi) is 6.79. The van der Waals surface area contributed by atoms with E-state index in [0.29, 0.717) is 12.6 Å². The largest absolute Gasteiger partial charge is 0.324 e. The van der Waals surface area contributed by atoms with Gasteiger partial charge < -0.3 is 10.6 Å². The minimum atomic E-state index is 0. The zero-order valence-corrected chi connectivity index (χ0v) is 14.7. The lowest BCUT2D eigenvalue weighted by molar-refractivity contribution is -0.118. The van der Waals surface area contributed by atoms with Crippen LogP contribution >= 0.6 is 12.4 Å². The van der Waals surface area contributed by atoms with Gasteiger partial charge in [-0.15, -0.1) is 12.4 Å². The Bertz CT molecular complexity index is 663. The lowest BCUT2D eigenvalue weighted by atomic mass is 10.0. The maximum absolute atomic E-state index is 12.4. The number of hydrogen-bond donors (Lipinski definition) is 2. The van der Waals surface area contributed by atoms with Crippen LogP contribution in [0.1, 0.15) is 6.92 Å². The highest BCUT2D eigenvalue weighted by molar-refractivity contribution is 5.96. The van der Waals surface area contributed by atoms with E-state index in [1.807, 2.05) is 42.5 Å². The Labute approximate surface area is 149 Å². The molecule has 0 aromatic heterocycles. The Morgan fingerprint density at radius 1 is 1.17 bits per heavy atom. The number of benzene rings is 2. The molecule has 2 N–H and O–H groups in total. The van der Waals surface area contributed by atoms with Gasteiger partial charge in [0.05, 0.1) is 6.54 Å². The number of carbonyl (C=O) groups excluding carboxylic acids is 1. The maximum Gasteiger partial charge on any atom is 0.238 e. The number of anilines is 1. The van der Waals surface area contributed by atoms with E-state index in [2.05, 4.69) is 34.6 Å². The van der Waals surface area contributed by atoms with Crippen LogP contribution in [0.15, 0.2) is 54.6 Å². The third-order valence-corrected chi connectivity index (χ3v) is 4.27. The minimum Gasteiger partial charge on any atom is -0.324 e. The van der Waals surface area contributed by atoms with E-state index in [4.69, 9.17) is 0 Å². The molecular weight excluding hydrogens is 322 g/mol. The number of hydrogen-bond acceptors (Lipinski definition) is 3. The molecule has 24 heavy (non-hydrogen) atoms. The molecule has 128 valence electrons. The van der Waals surface area contributed by atoms with Crippen molar-refractivity contribution in [2.24, 2.45) is 0 Å². The summed E-state index contributed by atoms with van der Waals surface area (Å²) in [4.78, 5) is 14.7. The number of piperazine rings is 1. The van der Waals surface area contributed by atoms with Gasteiger partial charge in [0.25, 0.3) is 0 Å². The Morgan fingerprint density at radius 2 is 1.88 bits per heavy atom. The summed E-state index contributed by atoms with van der Waals surface area (Å²) in [5.74, 6) is 0.0436. The molecule has 0 spiro atoms. The van der Waals surface area contributed by atoms with Crippen LogP contribution in [-0.2, 0) is 4.79 Å². The third-order valence-electron chi connectivity index (χ3n) is 4.27. The quantitative estimate of drug-likeness (QED) is 0.895. The lowest BCUT2D eigenvalue weighted by Crippen LogP contribution is -2.52. The molecule has 0 saturated carbocycles. The lowest BCUT2D eigenvalue weighted by Gasteiger charge is -2.33. The summed E-state index contributed by atoms with van der Waals surface area (Å²) in [7, 11) is 0. The second-order valence-electron chi connectivity index (χ2n) is 5.98. The van der Waals surface area contributed by atoms with Crippen molar-refractivity contribution >= 4 is 24.0 Å². The van der Waals surface area contributed by atoms with Crippen molar-refractivity contribution in [1.82, 2.24) is 10.2 Å². The zero-order chi connectivity index (χ0) is 16.1. The summed E-state index contributed by atoms with van der Waals surface area (Å²) in [6, 6.07) is 18.5. The van der Waals surface area contributed by atoms with Gasteiger partial charge in [0.2, 0.25) is 5.91 Å². The fourth-order valence-electron chi connectivity index (χ4n) is 2.95. The van der Waals surface area contributed by atoms with Gasteiger partial charge in [-0.1, -0.05) is 48.5 Å². The number of nitrogens with zero attached hydrogens (tertiary/aromatic N) is 1. The fourth-order valence-corrected chi connectivity index (χ4v) is 2.95. The first-order valence-corrected chi connectivity index (χ1v) is 8.13. The number of amides is 1. The van der Waals surface area contributed by atoms with E-state index in [1.165, 1.54) is 0 Å². The van der Waals surface area contributed by atoms with Gasteiger partial charge in [-0.05, 0) is 18.6 Å². The van der Waals surface area contributed by atoms with Crippen LogP contribution in [0.2, 0.25) is 0 Å². The first-order valence-electron chi connectivity index (χ1n) is 8.13. The molecule has 2 aromatic carbocycles. The minimum absolute atomic E-state index is 0. The second kappa shape index (κ2) is 8.83. The number of rotatable bonds is 4. The first kappa shape index (κ1) is 18.5. The molecule has 1 atom stereocenters. The van der Waals surface area contributed by atoms with E-state index in [0.717, 1.165) is 36.4 Å². The van der Waals surface area contributed by atoms with Gasteiger partial charge >= 0.3 is 0 Å². The number of para-hydroxylation sites is 1. The molecule has 5 heteroatoms.